The Hall–Kier alpha value is -2.04. The van der Waals surface area contributed by atoms with Gasteiger partial charge in [0, 0.05) is 31.9 Å². The zero-order valence-electron chi connectivity index (χ0n) is 16.5. The Morgan fingerprint density at radius 3 is 2.33 bits per heavy atom. The molecule has 1 aliphatic heterocycles. The number of nitrogens with one attached hydrogen (secondary N) is 1. The van der Waals surface area contributed by atoms with E-state index in [-0.39, 0.29) is 17.9 Å². The number of anilines is 1. The average Bonchev–Trinajstić information content (AvgIpc) is 2.67. The standard InChI is InChI=1S/C22H33N3O2/c1-24(20-14-8-3-2-4-9-15-20)21(26)18-11-10-16-25(17-18)22(27)23-19-12-6-5-7-13-19/h5-7,12-13,18,20H,2-4,8-11,14-17H2,1H3,(H,23,27). The molecule has 1 atom stereocenters. The highest BCUT2D eigenvalue weighted by Gasteiger charge is 2.32. The molecule has 0 bridgehead atoms. The summed E-state index contributed by atoms with van der Waals surface area (Å²) >= 11 is 0. The first kappa shape index (κ1) is 19.7. The number of carbonyl (C=O) groups is 2. The summed E-state index contributed by atoms with van der Waals surface area (Å²) in [7, 11) is 1.97. The topological polar surface area (TPSA) is 52.7 Å². The number of rotatable bonds is 3. The van der Waals surface area contributed by atoms with Gasteiger partial charge in [0.25, 0.3) is 0 Å². The summed E-state index contributed by atoms with van der Waals surface area (Å²) in [6.45, 7) is 1.24. The Morgan fingerprint density at radius 1 is 0.963 bits per heavy atom. The summed E-state index contributed by atoms with van der Waals surface area (Å²) in [4.78, 5) is 29.5. The Morgan fingerprint density at radius 2 is 1.63 bits per heavy atom. The van der Waals surface area contributed by atoms with Crippen molar-refractivity contribution in [2.75, 3.05) is 25.5 Å². The molecule has 3 amide bonds. The van der Waals surface area contributed by atoms with Gasteiger partial charge in [-0.3, -0.25) is 4.79 Å². The lowest BCUT2D eigenvalue weighted by Crippen LogP contribution is -2.49. The molecule has 3 rings (SSSR count). The molecule has 1 heterocycles. The predicted octanol–water partition coefficient (Wildman–Crippen LogP) is 4.50. The van der Waals surface area contributed by atoms with Crippen molar-refractivity contribution in [1.29, 1.82) is 0 Å². The van der Waals surface area contributed by atoms with Gasteiger partial charge < -0.3 is 15.1 Å². The van der Waals surface area contributed by atoms with Crippen LogP contribution in [0.1, 0.15) is 57.8 Å². The molecule has 1 saturated heterocycles. The number of hydrogen-bond donors (Lipinski definition) is 1. The van der Waals surface area contributed by atoms with E-state index in [2.05, 4.69) is 5.32 Å². The van der Waals surface area contributed by atoms with E-state index < -0.39 is 0 Å². The number of piperidine rings is 1. The van der Waals surface area contributed by atoms with Gasteiger partial charge in [0.2, 0.25) is 5.91 Å². The van der Waals surface area contributed by atoms with Crippen molar-refractivity contribution in [3.63, 3.8) is 0 Å². The molecule has 27 heavy (non-hydrogen) atoms. The van der Waals surface area contributed by atoms with Crippen molar-refractivity contribution in [1.82, 2.24) is 9.80 Å². The van der Waals surface area contributed by atoms with E-state index >= 15 is 0 Å². The highest BCUT2D eigenvalue weighted by Crippen LogP contribution is 2.25. The first-order chi connectivity index (χ1) is 13.1. The van der Waals surface area contributed by atoms with Crippen molar-refractivity contribution < 1.29 is 9.59 Å². The number of benzene rings is 1. The summed E-state index contributed by atoms with van der Waals surface area (Å²) in [5.74, 6) is 0.147. The molecule has 1 unspecified atom stereocenters. The second-order valence-electron chi connectivity index (χ2n) is 8.03. The van der Waals surface area contributed by atoms with Crippen molar-refractivity contribution >= 4 is 17.6 Å². The molecule has 5 nitrogen and oxygen atoms in total. The maximum absolute atomic E-state index is 13.1. The van der Waals surface area contributed by atoms with Crippen LogP contribution in [0.2, 0.25) is 0 Å². The first-order valence-corrected chi connectivity index (χ1v) is 10.5. The van der Waals surface area contributed by atoms with Crippen molar-refractivity contribution in [3.05, 3.63) is 30.3 Å². The molecule has 0 radical (unpaired) electrons. The van der Waals surface area contributed by atoms with Gasteiger partial charge in [0.15, 0.2) is 0 Å². The minimum atomic E-state index is -0.104. The molecule has 1 N–H and O–H groups in total. The molecule has 5 heteroatoms. The third-order valence-electron chi connectivity index (χ3n) is 6.05. The summed E-state index contributed by atoms with van der Waals surface area (Å²) < 4.78 is 0. The van der Waals surface area contributed by atoms with Gasteiger partial charge in [-0.25, -0.2) is 4.79 Å². The number of para-hydroxylation sites is 1. The molecule has 2 aliphatic rings. The van der Waals surface area contributed by atoms with Gasteiger partial charge in [-0.05, 0) is 37.8 Å². The fraction of sp³-hybridized carbons (Fsp3) is 0.636. The highest BCUT2D eigenvalue weighted by molar-refractivity contribution is 5.90. The van der Waals surface area contributed by atoms with Gasteiger partial charge in [0.05, 0.1) is 5.92 Å². The van der Waals surface area contributed by atoms with Crippen LogP contribution in [0.4, 0.5) is 10.5 Å². The second kappa shape index (κ2) is 9.77. The van der Waals surface area contributed by atoms with Crippen LogP contribution in [0.3, 0.4) is 0 Å². The maximum Gasteiger partial charge on any atom is 0.321 e. The number of urea groups is 1. The molecular formula is C22H33N3O2. The van der Waals surface area contributed by atoms with Crippen LogP contribution in [0.25, 0.3) is 0 Å². The van der Waals surface area contributed by atoms with Crippen LogP contribution in [0.15, 0.2) is 30.3 Å². The van der Waals surface area contributed by atoms with Crippen molar-refractivity contribution in [3.8, 4) is 0 Å². The molecule has 2 fully saturated rings. The Kier molecular flexibility index (Phi) is 7.13. The SMILES string of the molecule is CN(C(=O)C1CCCN(C(=O)Nc2ccccc2)C1)C1CCCCCCC1. The van der Waals surface area contributed by atoms with E-state index in [0.717, 1.165) is 37.9 Å². The van der Waals surface area contributed by atoms with Gasteiger partial charge in [-0.15, -0.1) is 0 Å². The minimum absolute atomic E-state index is 0.0734. The minimum Gasteiger partial charge on any atom is -0.342 e. The second-order valence-corrected chi connectivity index (χ2v) is 8.03. The normalized spacial score (nSPS) is 21.8. The maximum atomic E-state index is 13.1. The van der Waals surface area contributed by atoms with E-state index in [0.29, 0.717) is 12.6 Å². The van der Waals surface area contributed by atoms with E-state index in [1.54, 1.807) is 4.90 Å². The quantitative estimate of drug-likeness (QED) is 0.850. The van der Waals surface area contributed by atoms with Crippen LogP contribution in [-0.2, 0) is 4.79 Å². The lowest BCUT2D eigenvalue weighted by Gasteiger charge is -2.37. The summed E-state index contributed by atoms with van der Waals surface area (Å²) in [6.07, 6.45) is 10.4. The summed E-state index contributed by atoms with van der Waals surface area (Å²) in [5, 5.41) is 2.94. The van der Waals surface area contributed by atoms with E-state index in [9.17, 15) is 9.59 Å². The predicted molar refractivity (Wildman–Crippen MR) is 109 cm³/mol. The fourth-order valence-corrected chi connectivity index (χ4v) is 4.38. The molecule has 1 saturated carbocycles. The van der Waals surface area contributed by atoms with E-state index in [1.807, 2.05) is 42.3 Å². The van der Waals surface area contributed by atoms with Crippen LogP contribution < -0.4 is 5.32 Å². The van der Waals surface area contributed by atoms with Gasteiger partial charge in [0.1, 0.15) is 0 Å². The molecular weight excluding hydrogens is 338 g/mol. The number of nitrogens with zero attached hydrogens (tertiary/aromatic N) is 2. The van der Waals surface area contributed by atoms with E-state index in [1.165, 1.54) is 32.1 Å². The highest BCUT2D eigenvalue weighted by atomic mass is 16.2. The van der Waals surface area contributed by atoms with Crippen molar-refractivity contribution in [2.45, 2.75) is 63.8 Å². The number of hydrogen-bond acceptors (Lipinski definition) is 2. The number of carbonyl (C=O) groups excluding carboxylic acids is 2. The third-order valence-corrected chi connectivity index (χ3v) is 6.05. The van der Waals surface area contributed by atoms with Crippen LogP contribution >= 0.6 is 0 Å². The zero-order chi connectivity index (χ0) is 19.1. The molecule has 148 valence electrons. The van der Waals surface area contributed by atoms with Crippen LogP contribution in [0.5, 0.6) is 0 Å². The summed E-state index contributed by atoms with van der Waals surface area (Å²) in [6, 6.07) is 9.76. The number of amides is 3. The molecule has 0 spiro atoms. The lowest BCUT2D eigenvalue weighted by molar-refractivity contribution is -0.138. The molecule has 0 aromatic heterocycles. The van der Waals surface area contributed by atoms with Crippen molar-refractivity contribution in [2.24, 2.45) is 5.92 Å². The van der Waals surface area contributed by atoms with E-state index in [4.69, 9.17) is 0 Å². The smallest absolute Gasteiger partial charge is 0.321 e. The van der Waals surface area contributed by atoms with Gasteiger partial charge in [-0.2, -0.15) is 0 Å². The lowest BCUT2D eigenvalue weighted by atomic mass is 9.92. The molecule has 1 aromatic carbocycles. The zero-order valence-corrected chi connectivity index (χ0v) is 16.5. The van der Waals surface area contributed by atoms with Crippen LogP contribution in [0, 0.1) is 5.92 Å². The Labute approximate surface area is 163 Å². The Bertz CT molecular complexity index is 611. The number of likely N-dealkylation sites (tertiary alicyclic amines) is 1. The average molecular weight is 372 g/mol. The van der Waals surface area contributed by atoms with Gasteiger partial charge >= 0.3 is 6.03 Å². The largest absolute Gasteiger partial charge is 0.342 e. The van der Waals surface area contributed by atoms with Gasteiger partial charge in [-0.1, -0.05) is 50.3 Å². The molecule has 1 aromatic rings. The molecule has 1 aliphatic carbocycles. The first-order valence-electron chi connectivity index (χ1n) is 10.5. The monoisotopic (exact) mass is 371 g/mol. The van der Waals surface area contributed by atoms with Crippen LogP contribution in [-0.4, -0.2) is 47.9 Å². The fourth-order valence-electron chi connectivity index (χ4n) is 4.38. The Balaban J connectivity index is 1.56. The summed E-state index contributed by atoms with van der Waals surface area (Å²) in [5.41, 5.74) is 0.794. The third kappa shape index (κ3) is 5.47.